The first kappa shape index (κ1) is 12.2. The van der Waals surface area contributed by atoms with Crippen LogP contribution >= 0.6 is 0 Å². The zero-order valence-corrected chi connectivity index (χ0v) is 12.0. The van der Waals surface area contributed by atoms with Gasteiger partial charge < -0.3 is 4.74 Å². The second-order valence-electron chi connectivity index (χ2n) is 7.58. The summed E-state index contributed by atoms with van der Waals surface area (Å²) in [5.41, 5.74) is 0.157. The number of hydrogen-bond donors (Lipinski definition) is 0. The highest BCUT2D eigenvalue weighted by atomic mass is 16.5. The first-order chi connectivity index (χ1) is 9.28. The molecule has 0 aromatic heterocycles. The van der Waals surface area contributed by atoms with Crippen molar-refractivity contribution in [3.8, 4) is 6.07 Å². The van der Waals surface area contributed by atoms with Crippen molar-refractivity contribution in [2.24, 2.45) is 35.5 Å². The van der Waals surface area contributed by atoms with E-state index in [0.29, 0.717) is 11.8 Å². The molecular formula is C17H25NO. The molecule has 0 aromatic rings. The molecule has 4 fully saturated rings. The molecule has 2 bridgehead atoms. The van der Waals surface area contributed by atoms with E-state index in [0.717, 1.165) is 30.1 Å². The average molecular weight is 259 g/mol. The molecule has 0 radical (unpaired) electrons. The Labute approximate surface area is 116 Å². The van der Waals surface area contributed by atoms with E-state index in [4.69, 9.17) is 4.74 Å². The Morgan fingerprint density at radius 1 is 1.00 bits per heavy atom. The Hall–Kier alpha value is -0.550. The van der Waals surface area contributed by atoms with Crippen LogP contribution in [0.3, 0.4) is 0 Å². The fraction of sp³-hybridized carbons (Fsp3) is 0.941. The van der Waals surface area contributed by atoms with Gasteiger partial charge >= 0.3 is 0 Å². The third kappa shape index (κ3) is 1.64. The van der Waals surface area contributed by atoms with Gasteiger partial charge in [0, 0.05) is 13.0 Å². The number of rotatable bonds is 1. The van der Waals surface area contributed by atoms with Gasteiger partial charge in [-0.1, -0.05) is 19.3 Å². The molecule has 0 aliphatic heterocycles. The third-order valence-electron chi connectivity index (χ3n) is 6.95. The lowest BCUT2D eigenvalue weighted by Gasteiger charge is -2.47. The SMILES string of the molecule is CO[C@@]12C[C@@H](C[C@H]3C[C@H]31)[C@H](C#N)CC1CCCCC12. The van der Waals surface area contributed by atoms with Crippen LogP contribution in [0.25, 0.3) is 0 Å². The standard InChI is InChI=1S/C17H25NO/c1-19-17-9-13(7-12-8-16(12)17)14(10-18)6-11-4-2-3-5-15(11)17/h11-16H,2-9H2,1H3/t11?,12-,13+,14-,15?,16+,17+/m0/s1. The van der Waals surface area contributed by atoms with Gasteiger partial charge in [0.15, 0.2) is 0 Å². The maximum atomic E-state index is 9.58. The lowest BCUT2D eigenvalue weighted by Crippen LogP contribution is -2.48. The average Bonchev–Trinajstić information content (AvgIpc) is 3.24. The van der Waals surface area contributed by atoms with Crippen molar-refractivity contribution in [2.45, 2.75) is 57.0 Å². The number of hydrogen-bond acceptors (Lipinski definition) is 2. The highest BCUT2D eigenvalue weighted by Gasteiger charge is 2.64. The van der Waals surface area contributed by atoms with Crippen molar-refractivity contribution < 1.29 is 4.74 Å². The maximum Gasteiger partial charge on any atom is 0.0743 e. The van der Waals surface area contributed by atoms with Gasteiger partial charge in [-0.25, -0.2) is 0 Å². The minimum absolute atomic E-state index is 0.157. The predicted octanol–water partition coefficient (Wildman–Crippen LogP) is 3.77. The number of nitriles is 1. The van der Waals surface area contributed by atoms with Gasteiger partial charge in [0.1, 0.15) is 0 Å². The van der Waals surface area contributed by atoms with Crippen LogP contribution in [0.15, 0.2) is 0 Å². The molecule has 0 aromatic carbocycles. The largest absolute Gasteiger partial charge is 0.378 e. The summed E-state index contributed by atoms with van der Waals surface area (Å²) in [6.45, 7) is 0. The smallest absolute Gasteiger partial charge is 0.0743 e. The van der Waals surface area contributed by atoms with Crippen molar-refractivity contribution >= 4 is 0 Å². The molecule has 4 saturated carbocycles. The van der Waals surface area contributed by atoms with Crippen LogP contribution in [-0.4, -0.2) is 12.7 Å². The Morgan fingerprint density at radius 2 is 1.84 bits per heavy atom. The van der Waals surface area contributed by atoms with E-state index in [9.17, 15) is 5.26 Å². The summed E-state index contributed by atoms with van der Waals surface area (Å²) in [6.07, 6.45) is 10.5. The van der Waals surface area contributed by atoms with E-state index in [1.54, 1.807) is 0 Å². The highest BCUT2D eigenvalue weighted by Crippen LogP contribution is 2.66. The summed E-state index contributed by atoms with van der Waals surface area (Å²) < 4.78 is 6.24. The lowest BCUT2D eigenvalue weighted by molar-refractivity contribution is -0.123. The van der Waals surface area contributed by atoms with Crippen LogP contribution in [0.4, 0.5) is 0 Å². The van der Waals surface area contributed by atoms with Gasteiger partial charge in [-0.05, 0) is 61.7 Å². The second-order valence-corrected chi connectivity index (χ2v) is 7.58. The highest BCUT2D eigenvalue weighted by molar-refractivity contribution is 5.15. The zero-order valence-electron chi connectivity index (χ0n) is 12.0. The molecule has 4 aliphatic rings. The molecule has 0 heterocycles. The van der Waals surface area contributed by atoms with Gasteiger partial charge in [-0.15, -0.1) is 0 Å². The van der Waals surface area contributed by atoms with Gasteiger partial charge in [-0.3, -0.25) is 0 Å². The van der Waals surface area contributed by atoms with Gasteiger partial charge in [0.05, 0.1) is 11.7 Å². The van der Waals surface area contributed by atoms with E-state index in [2.05, 4.69) is 6.07 Å². The monoisotopic (exact) mass is 259 g/mol. The van der Waals surface area contributed by atoms with Crippen LogP contribution in [-0.2, 0) is 4.74 Å². The van der Waals surface area contributed by atoms with E-state index in [1.165, 1.54) is 44.9 Å². The van der Waals surface area contributed by atoms with E-state index in [-0.39, 0.29) is 5.60 Å². The number of nitrogens with zero attached hydrogens (tertiary/aromatic N) is 1. The van der Waals surface area contributed by atoms with Crippen molar-refractivity contribution in [3.63, 3.8) is 0 Å². The topological polar surface area (TPSA) is 33.0 Å². The van der Waals surface area contributed by atoms with E-state index >= 15 is 0 Å². The van der Waals surface area contributed by atoms with Crippen molar-refractivity contribution in [2.75, 3.05) is 7.11 Å². The van der Waals surface area contributed by atoms with Crippen molar-refractivity contribution in [3.05, 3.63) is 0 Å². The van der Waals surface area contributed by atoms with Crippen LogP contribution in [0, 0.1) is 46.8 Å². The Morgan fingerprint density at radius 3 is 2.63 bits per heavy atom. The molecule has 2 heteroatoms. The third-order valence-corrected chi connectivity index (χ3v) is 6.95. The van der Waals surface area contributed by atoms with E-state index < -0.39 is 0 Å². The summed E-state index contributed by atoms with van der Waals surface area (Å²) >= 11 is 0. The predicted molar refractivity (Wildman–Crippen MR) is 73.2 cm³/mol. The molecule has 2 unspecified atom stereocenters. The molecule has 104 valence electrons. The van der Waals surface area contributed by atoms with Crippen LogP contribution in [0.5, 0.6) is 0 Å². The summed E-state index contributed by atoms with van der Waals surface area (Å²) in [6, 6.07) is 2.66. The van der Waals surface area contributed by atoms with Crippen LogP contribution in [0.1, 0.15) is 51.4 Å². The molecule has 19 heavy (non-hydrogen) atoms. The number of ether oxygens (including phenoxy) is 1. The van der Waals surface area contributed by atoms with E-state index in [1.807, 2.05) is 7.11 Å². The van der Waals surface area contributed by atoms with Crippen LogP contribution < -0.4 is 0 Å². The molecule has 7 atom stereocenters. The first-order valence-electron chi connectivity index (χ1n) is 8.23. The number of methoxy groups -OCH3 is 1. The normalized spacial score (nSPS) is 55.4. The summed E-state index contributed by atoms with van der Waals surface area (Å²) in [4.78, 5) is 0. The molecule has 2 nitrogen and oxygen atoms in total. The quantitative estimate of drug-likeness (QED) is 0.718. The molecule has 4 aliphatic carbocycles. The lowest BCUT2D eigenvalue weighted by atomic mass is 9.65. The minimum Gasteiger partial charge on any atom is -0.378 e. The Bertz CT molecular complexity index is 414. The van der Waals surface area contributed by atoms with Gasteiger partial charge in [0.25, 0.3) is 0 Å². The molecule has 0 amide bonds. The minimum atomic E-state index is 0.157. The fourth-order valence-electron chi connectivity index (χ4n) is 6.07. The summed E-state index contributed by atoms with van der Waals surface area (Å²) in [7, 11) is 1.95. The second kappa shape index (κ2) is 4.22. The molecule has 0 saturated heterocycles. The molecule has 0 N–H and O–H groups in total. The van der Waals surface area contributed by atoms with Gasteiger partial charge in [0.2, 0.25) is 0 Å². The Balaban J connectivity index is 1.75. The van der Waals surface area contributed by atoms with Crippen molar-refractivity contribution in [1.29, 1.82) is 5.26 Å². The summed E-state index contributed by atoms with van der Waals surface area (Å²) in [5.74, 6) is 4.17. The fourth-order valence-corrected chi connectivity index (χ4v) is 6.07. The van der Waals surface area contributed by atoms with Crippen LogP contribution in [0.2, 0.25) is 0 Å². The molecule has 4 rings (SSSR count). The first-order valence-corrected chi connectivity index (χ1v) is 8.23. The van der Waals surface area contributed by atoms with Gasteiger partial charge in [-0.2, -0.15) is 5.26 Å². The zero-order chi connectivity index (χ0) is 13.0. The summed E-state index contributed by atoms with van der Waals surface area (Å²) in [5, 5.41) is 9.58. The number of fused-ring (bicyclic) bond motifs is 6. The molecular weight excluding hydrogens is 234 g/mol. The maximum absolute atomic E-state index is 9.58. The van der Waals surface area contributed by atoms with Crippen molar-refractivity contribution in [1.82, 2.24) is 0 Å². The molecule has 0 spiro atoms. The Kier molecular flexibility index (Phi) is 2.71.